The molecule has 1 atom stereocenters. The number of hydrogen-bond donors (Lipinski definition) is 1. The number of nitrogens with one attached hydrogen (secondary N) is 1. The van der Waals surface area contributed by atoms with Crippen molar-refractivity contribution in [3.05, 3.63) is 29.3 Å². The average Bonchev–Trinajstić information content (AvgIpc) is 2.20. The second-order valence-electron chi connectivity index (χ2n) is 4.53. The molecule has 3 heteroatoms. The molecule has 0 aliphatic rings. The minimum absolute atomic E-state index is 0.0377. The molecule has 0 bridgehead atoms. The minimum Gasteiger partial charge on any atom is -0.326 e. The van der Waals surface area contributed by atoms with Crippen LogP contribution in [-0.4, -0.2) is 5.91 Å². The van der Waals surface area contributed by atoms with Crippen molar-refractivity contribution < 1.29 is 4.79 Å². The van der Waals surface area contributed by atoms with Crippen LogP contribution in [0.2, 0.25) is 5.02 Å². The van der Waals surface area contributed by atoms with Gasteiger partial charge in [0.1, 0.15) is 0 Å². The third-order valence-corrected chi connectivity index (χ3v) is 2.64. The summed E-state index contributed by atoms with van der Waals surface area (Å²) < 4.78 is 0. The monoisotopic (exact) mass is 239 g/mol. The molecule has 16 heavy (non-hydrogen) atoms. The summed E-state index contributed by atoms with van der Waals surface area (Å²) in [5, 5.41) is 3.55. The summed E-state index contributed by atoms with van der Waals surface area (Å²) in [6, 6.07) is 7.15. The Bertz CT molecular complexity index is 345. The summed E-state index contributed by atoms with van der Waals surface area (Å²) in [6.45, 7) is 6.18. The Hall–Kier alpha value is -1.02. The highest BCUT2D eigenvalue weighted by Gasteiger charge is 2.14. The average molecular weight is 240 g/mol. The van der Waals surface area contributed by atoms with Crippen LogP contribution < -0.4 is 5.32 Å². The van der Waals surface area contributed by atoms with Gasteiger partial charge in [-0.05, 0) is 36.6 Å². The summed E-state index contributed by atoms with van der Waals surface area (Å²) in [4.78, 5) is 11.8. The highest BCUT2D eigenvalue weighted by atomic mass is 35.5. The predicted octanol–water partition coefficient (Wildman–Crippen LogP) is 3.96. The first-order valence-corrected chi connectivity index (χ1v) is 5.93. The van der Waals surface area contributed by atoms with Gasteiger partial charge in [-0.1, -0.05) is 32.4 Å². The van der Waals surface area contributed by atoms with Gasteiger partial charge in [0.25, 0.3) is 0 Å². The lowest BCUT2D eigenvalue weighted by atomic mass is 9.98. The molecule has 0 saturated carbocycles. The molecular formula is C13H18ClNO. The van der Waals surface area contributed by atoms with Crippen LogP contribution in [0.5, 0.6) is 0 Å². The van der Waals surface area contributed by atoms with Crippen LogP contribution in [0.4, 0.5) is 5.69 Å². The number of benzene rings is 1. The van der Waals surface area contributed by atoms with Crippen molar-refractivity contribution in [2.45, 2.75) is 27.2 Å². The van der Waals surface area contributed by atoms with E-state index in [1.165, 1.54) is 0 Å². The quantitative estimate of drug-likeness (QED) is 0.847. The summed E-state index contributed by atoms with van der Waals surface area (Å²) in [6.07, 6.45) is 0.902. The third kappa shape index (κ3) is 4.23. The Morgan fingerprint density at radius 1 is 1.25 bits per heavy atom. The van der Waals surface area contributed by atoms with E-state index in [0.29, 0.717) is 10.9 Å². The fourth-order valence-corrected chi connectivity index (χ4v) is 1.74. The summed E-state index contributed by atoms with van der Waals surface area (Å²) in [5.41, 5.74) is 0.796. The van der Waals surface area contributed by atoms with Gasteiger partial charge in [0.05, 0.1) is 0 Å². The Morgan fingerprint density at radius 2 is 1.81 bits per heavy atom. The lowest BCUT2D eigenvalue weighted by Crippen LogP contribution is -2.21. The Kier molecular flexibility index (Phi) is 4.81. The molecule has 1 amide bonds. The number of carbonyl (C=O) groups is 1. The van der Waals surface area contributed by atoms with E-state index >= 15 is 0 Å². The molecule has 1 unspecified atom stereocenters. The van der Waals surface area contributed by atoms with Crippen LogP contribution in [0.25, 0.3) is 0 Å². The maximum atomic E-state index is 11.8. The van der Waals surface area contributed by atoms with Crippen molar-refractivity contribution in [1.82, 2.24) is 0 Å². The standard InChI is InChI=1S/C13H18ClNO/c1-9(2)8-10(3)13(16)15-12-6-4-11(14)5-7-12/h4-7,9-10H,8H2,1-3H3,(H,15,16). The van der Waals surface area contributed by atoms with Gasteiger partial charge in [-0.15, -0.1) is 0 Å². The SMILES string of the molecule is CC(C)CC(C)C(=O)Nc1ccc(Cl)cc1. The van der Waals surface area contributed by atoms with Gasteiger partial charge in [0.2, 0.25) is 5.91 Å². The van der Waals surface area contributed by atoms with Gasteiger partial charge in [0.15, 0.2) is 0 Å². The van der Waals surface area contributed by atoms with Crippen molar-refractivity contribution in [2.24, 2.45) is 11.8 Å². The lowest BCUT2D eigenvalue weighted by Gasteiger charge is -2.14. The van der Waals surface area contributed by atoms with Crippen molar-refractivity contribution in [2.75, 3.05) is 5.32 Å². The van der Waals surface area contributed by atoms with E-state index in [9.17, 15) is 4.79 Å². The molecule has 88 valence electrons. The zero-order chi connectivity index (χ0) is 12.1. The molecule has 1 rings (SSSR count). The van der Waals surface area contributed by atoms with E-state index in [1.807, 2.05) is 19.1 Å². The molecule has 0 radical (unpaired) electrons. The van der Waals surface area contributed by atoms with Crippen molar-refractivity contribution in [3.63, 3.8) is 0 Å². The fraction of sp³-hybridized carbons (Fsp3) is 0.462. The highest BCUT2D eigenvalue weighted by molar-refractivity contribution is 6.30. The second kappa shape index (κ2) is 5.90. The van der Waals surface area contributed by atoms with Gasteiger partial charge in [-0.2, -0.15) is 0 Å². The number of amides is 1. The molecule has 0 aromatic heterocycles. The highest BCUT2D eigenvalue weighted by Crippen LogP contribution is 2.16. The topological polar surface area (TPSA) is 29.1 Å². The molecule has 0 aliphatic carbocycles. The summed E-state index contributed by atoms with van der Waals surface area (Å²) >= 11 is 5.77. The number of anilines is 1. The third-order valence-electron chi connectivity index (χ3n) is 2.38. The zero-order valence-electron chi connectivity index (χ0n) is 9.96. The molecule has 0 aliphatic heterocycles. The molecule has 0 fully saturated rings. The fourth-order valence-electron chi connectivity index (χ4n) is 1.61. The first kappa shape index (κ1) is 13.0. The molecule has 0 spiro atoms. The van der Waals surface area contributed by atoms with Crippen molar-refractivity contribution >= 4 is 23.2 Å². The van der Waals surface area contributed by atoms with Crippen LogP contribution in [0.15, 0.2) is 24.3 Å². The second-order valence-corrected chi connectivity index (χ2v) is 4.96. The van der Waals surface area contributed by atoms with Crippen LogP contribution in [0, 0.1) is 11.8 Å². The van der Waals surface area contributed by atoms with E-state index in [-0.39, 0.29) is 11.8 Å². The van der Waals surface area contributed by atoms with E-state index in [4.69, 9.17) is 11.6 Å². The molecular weight excluding hydrogens is 222 g/mol. The zero-order valence-corrected chi connectivity index (χ0v) is 10.7. The van der Waals surface area contributed by atoms with E-state index < -0.39 is 0 Å². The molecule has 1 aromatic carbocycles. The van der Waals surface area contributed by atoms with Crippen LogP contribution >= 0.6 is 11.6 Å². The molecule has 1 aromatic rings. The first-order chi connectivity index (χ1) is 7.49. The minimum atomic E-state index is 0.0377. The number of hydrogen-bond acceptors (Lipinski definition) is 1. The number of carbonyl (C=O) groups excluding carboxylic acids is 1. The number of halogens is 1. The van der Waals surface area contributed by atoms with E-state index in [0.717, 1.165) is 12.1 Å². The van der Waals surface area contributed by atoms with Gasteiger partial charge in [0, 0.05) is 16.6 Å². The molecule has 2 nitrogen and oxygen atoms in total. The maximum absolute atomic E-state index is 11.8. The Balaban J connectivity index is 2.54. The maximum Gasteiger partial charge on any atom is 0.227 e. The smallest absolute Gasteiger partial charge is 0.227 e. The van der Waals surface area contributed by atoms with E-state index in [1.54, 1.807) is 12.1 Å². The summed E-state index contributed by atoms with van der Waals surface area (Å²) in [5.74, 6) is 0.637. The molecule has 0 saturated heterocycles. The summed E-state index contributed by atoms with van der Waals surface area (Å²) in [7, 11) is 0. The Morgan fingerprint density at radius 3 is 2.31 bits per heavy atom. The number of rotatable bonds is 4. The van der Waals surface area contributed by atoms with Crippen molar-refractivity contribution in [3.8, 4) is 0 Å². The lowest BCUT2D eigenvalue weighted by molar-refractivity contribution is -0.119. The largest absolute Gasteiger partial charge is 0.326 e. The predicted molar refractivity (Wildman–Crippen MR) is 68.7 cm³/mol. The van der Waals surface area contributed by atoms with E-state index in [2.05, 4.69) is 19.2 Å². The van der Waals surface area contributed by atoms with Crippen molar-refractivity contribution in [1.29, 1.82) is 0 Å². The van der Waals surface area contributed by atoms with Gasteiger partial charge < -0.3 is 5.32 Å². The van der Waals surface area contributed by atoms with Crippen LogP contribution in [0.3, 0.4) is 0 Å². The van der Waals surface area contributed by atoms with Gasteiger partial charge >= 0.3 is 0 Å². The van der Waals surface area contributed by atoms with Crippen LogP contribution in [0.1, 0.15) is 27.2 Å². The Labute approximate surface area is 102 Å². The normalized spacial score (nSPS) is 12.6. The first-order valence-electron chi connectivity index (χ1n) is 5.55. The van der Waals surface area contributed by atoms with Gasteiger partial charge in [-0.25, -0.2) is 0 Å². The molecule has 0 heterocycles. The molecule has 1 N–H and O–H groups in total. The van der Waals surface area contributed by atoms with Gasteiger partial charge in [-0.3, -0.25) is 4.79 Å². The van der Waals surface area contributed by atoms with Crippen LogP contribution in [-0.2, 0) is 4.79 Å².